The molecule has 9 heteroatoms. The van der Waals surface area contributed by atoms with Crippen molar-refractivity contribution in [3.8, 4) is 0 Å². The molecule has 156 valence electrons. The Bertz CT molecular complexity index is 831. The molecule has 0 aromatic heterocycles. The van der Waals surface area contributed by atoms with E-state index in [0.717, 1.165) is 35.7 Å². The van der Waals surface area contributed by atoms with Crippen molar-refractivity contribution >= 4 is 23.6 Å². The topological polar surface area (TPSA) is 85.4 Å². The van der Waals surface area contributed by atoms with Crippen LogP contribution in [0.3, 0.4) is 0 Å². The van der Waals surface area contributed by atoms with Gasteiger partial charge in [0, 0.05) is 25.8 Å². The number of rotatable bonds is 4. The van der Waals surface area contributed by atoms with Gasteiger partial charge < -0.3 is 14.5 Å². The van der Waals surface area contributed by atoms with Gasteiger partial charge in [0.25, 0.3) is 5.91 Å². The number of amides is 3. The van der Waals surface area contributed by atoms with Gasteiger partial charge in [-0.15, -0.1) is 0 Å². The fourth-order valence-electron chi connectivity index (χ4n) is 4.53. The van der Waals surface area contributed by atoms with Crippen molar-refractivity contribution in [2.45, 2.75) is 38.8 Å². The zero-order chi connectivity index (χ0) is 20.7. The minimum Gasteiger partial charge on any atom is -0.465 e. The van der Waals surface area contributed by atoms with Gasteiger partial charge in [-0.3, -0.25) is 24.7 Å². The number of benzene rings is 1. The third kappa shape index (κ3) is 3.24. The van der Waals surface area contributed by atoms with Crippen LogP contribution in [0.25, 0.3) is 0 Å². The lowest BCUT2D eigenvalue weighted by atomic mass is 10.1. The minimum atomic E-state index is -0.580. The number of esters is 1. The highest BCUT2D eigenvalue weighted by atomic mass is 16.5. The standard InChI is InChI=1S/C20H27N5O4/c1-4-29-15(26)12-25-18(27)16-17(22(3)20(25)28)21-19-23(10-7-11-24(16)19)14-9-6-5-8-13(14)2/h5-6,8-9,16-17,19,21H,4,7,10-12H2,1-3H3. The van der Waals surface area contributed by atoms with Crippen LogP contribution in [0.5, 0.6) is 0 Å². The SMILES string of the molecule is CCOC(=O)CN1C(=O)C2C(NC3N(c4ccccc4C)CCCN23)N(C)C1=O. The van der Waals surface area contributed by atoms with Crippen molar-refractivity contribution in [1.29, 1.82) is 0 Å². The lowest BCUT2D eigenvalue weighted by Crippen LogP contribution is -2.67. The number of hydrogen-bond donors (Lipinski definition) is 1. The van der Waals surface area contributed by atoms with E-state index >= 15 is 0 Å². The summed E-state index contributed by atoms with van der Waals surface area (Å²) in [5.74, 6) is -0.934. The Morgan fingerprint density at radius 2 is 2.00 bits per heavy atom. The maximum atomic E-state index is 13.2. The number of nitrogens with one attached hydrogen (secondary N) is 1. The quantitative estimate of drug-likeness (QED) is 0.738. The number of para-hydroxylation sites is 1. The van der Waals surface area contributed by atoms with Crippen LogP contribution in [0.2, 0.25) is 0 Å². The maximum Gasteiger partial charge on any atom is 0.328 e. The lowest BCUT2D eigenvalue weighted by molar-refractivity contribution is -0.151. The number of aryl methyl sites for hydroxylation is 1. The van der Waals surface area contributed by atoms with E-state index in [-0.39, 0.29) is 25.3 Å². The Morgan fingerprint density at radius 1 is 1.24 bits per heavy atom. The molecular weight excluding hydrogens is 374 g/mol. The molecule has 0 radical (unpaired) electrons. The molecule has 3 atom stereocenters. The molecule has 1 N–H and O–H groups in total. The fourth-order valence-corrected chi connectivity index (χ4v) is 4.53. The average Bonchev–Trinajstić information content (AvgIpc) is 3.10. The molecule has 0 saturated carbocycles. The first-order chi connectivity index (χ1) is 13.9. The first-order valence-corrected chi connectivity index (χ1v) is 10.0. The van der Waals surface area contributed by atoms with Crippen molar-refractivity contribution in [2.75, 3.05) is 38.2 Å². The Morgan fingerprint density at radius 3 is 2.72 bits per heavy atom. The Hall–Kier alpha value is -2.65. The highest BCUT2D eigenvalue weighted by Gasteiger charge is 2.56. The largest absolute Gasteiger partial charge is 0.465 e. The van der Waals surface area contributed by atoms with Gasteiger partial charge in [0.15, 0.2) is 0 Å². The number of anilines is 1. The van der Waals surface area contributed by atoms with Crippen molar-refractivity contribution in [2.24, 2.45) is 0 Å². The molecule has 3 amide bonds. The highest BCUT2D eigenvalue weighted by molar-refractivity contribution is 6.02. The van der Waals surface area contributed by atoms with Crippen LogP contribution in [-0.4, -0.2) is 84.4 Å². The second-order valence-corrected chi connectivity index (χ2v) is 7.62. The summed E-state index contributed by atoms with van der Waals surface area (Å²) in [6.07, 6.45) is 0.267. The Labute approximate surface area is 170 Å². The summed E-state index contributed by atoms with van der Waals surface area (Å²) in [7, 11) is 1.66. The van der Waals surface area contributed by atoms with E-state index in [1.807, 2.05) is 12.1 Å². The maximum absolute atomic E-state index is 13.2. The molecule has 3 fully saturated rings. The van der Waals surface area contributed by atoms with Crippen LogP contribution in [0, 0.1) is 6.92 Å². The summed E-state index contributed by atoms with van der Waals surface area (Å²) in [5, 5.41) is 3.47. The Kier molecular flexibility index (Phi) is 5.18. The van der Waals surface area contributed by atoms with Crippen LogP contribution < -0.4 is 10.2 Å². The van der Waals surface area contributed by atoms with Crippen LogP contribution in [-0.2, 0) is 14.3 Å². The molecule has 9 nitrogen and oxygen atoms in total. The van der Waals surface area contributed by atoms with Crippen LogP contribution in [0.15, 0.2) is 24.3 Å². The van der Waals surface area contributed by atoms with Gasteiger partial charge in [0.2, 0.25) is 0 Å². The highest BCUT2D eigenvalue weighted by Crippen LogP contribution is 2.34. The second kappa shape index (κ2) is 7.64. The third-order valence-corrected chi connectivity index (χ3v) is 5.89. The number of fused-ring (bicyclic) bond motifs is 3. The van der Waals surface area contributed by atoms with Crippen molar-refractivity contribution in [1.82, 2.24) is 20.0 Å². The molecule has 3 aliphatic rings. The second-order valence-electron chi connectivity index (χ2n) is 7.62. The lowest BCUT2D eigenvalue weighted by Gasteiger charge is -2.44. The summed E-state index contributed by atoms with van der Waals surface area (Å²) in [4.78, 5) is 44.8. The molecular formula is C20H27N5O4. The normalized spacial score (nSPS) is 27.1. The number of urea groups is 1. The van der Waals surface area contributed by atoms with Crippen LogP contribution in [0.1, 0.15) is 18.9 Å². The predicted octanol–water partition coefficient (Wildman–Crippen LogP) is 0.546. The Balaban J connectivity index is 1.62. The molecule has 3 aliphatic heterocycles. The fraction of sp³-hybridized carbons (Fsp3) is 0.550. The number of carbonyl (C=O) groups excluding carboxylic acids is 3. The van der Waals surface area contributed by atoms with E-state index in [2.05, 4.69) is 34.2 Å². The molecule has 29 heavy (non-hydrogen) atoms. The molecule has 3 saturated heterocycles. The smallest absolute Gasteiger partial charge is 0.328 e. The van der Waals surface area contributed by atoms with E-state index in [1.54, 1.807) is 14.0 Å². The van der Waals surface area contributed by atoms with Gasteiger partial charge in [-0.1, -0.05) is 18.2 Å². The molecule has 0 bridgehead atoms. The molecule has 3 unspecified atom stereocenters. The summed E-state index contributed by atoms with van der Waals surface area (Å²) < 4.78 is 4.94. The zero-order valence-corrected chi connectivity index (χ0v) is 17.0. The molecule has 1 aromatic rings. The number of nitrogens with zero attached hydrogens (tertiary/aromatic N) is 4. The number of ether oxygens (including phenoxy) is 1. The number of carbonyl (C=O) groups is 3. The first kappa shape index (κ1) is 19.7. The van der Waals surface area contributed by atoms with Crippen LogP contribution in [0.4, 0.5) is 10.5 Å². The van der Waals surface area contributed by atoms with E-state index in [4.69, 9.17) is 4.74 Å². The summed E-state index contributed by atoms with van der Waals surface area (Å²) >= 11 is 0. The van der Waals surface area contributed by atoms with Crippen LogP contribution >= 0.6 is 0 Å². The number of likely N-dealkylation sites (N-methyl/N-ethyl adjacent to an activating group) is 1. The monoisotopic (exact) mass is 401 g/mol. The van der Waals surface area contributed by atoms with E-state index in [1.165, 1.54) is 4.90 Å². The van der Waals surface area contributed by atoms with Gasteiger partial charge in [-0.05, 0) is 31.9 Å². The molecule has 3 heterocycles. The third-order valence-electron chi connectivity index (χ3n) is 5.89. The first-order valence-electron chi connectivity index (χ1n) is 10.0. The number of imide groups is 1. The number of hydrogen-bond acceptors (Lipinski definition) is 7. The van der Waals surface area contributed by atoms with Gasteiger partial charge in [0.05, 0.1) is 6.61 Å². The van der Waals surface area contributed by atoms with Gasteiger partial charge in [0.1, 0.15) is 25.0 Å². The van der Waals surface area contributed by atoms with Gasteiger partial charge in [-0.25, -0.2) is 4.79 Å². The van der Waals surface area contributed by atoms with Crippen molar-refractivity contribution in [3.63, 3.8) is 0 Å². The summed E-state index contributed by atoms with van der Waals surface area (Å²) in [6, 6.07) is 7.13. The van der Waals surface area contributed by atoms with Crippen molar-refractivity contribution in [3.05, 3.63) is 29.8 Å². The molecule has 0 spiro atoms. The molecule has 0 aliphatic carbocycles. The average molecular weight is 401 g/mol. The predicted molar refractivity (Wildman–Crippen MR) is 106 cm³/mol. The van der Waals surface area contributed by atoms with Gasteiger partial charge >= 0.3 is 12.0 Å². The van der Waals surface area contributed by atoms with Gasteiger partial charge in [-0.2, -0.15) is 0 Å². The van der Waals surface area contributed by atoms with E-state index in [9.17, 15) is 14.4 Å². The molecule has 4 rings (SSSR count). The van der Waals surface area contributed by atoms with E-state index in [0.29, 0.717) is 0 Å². The zero-order valence-electron chi connectivity index (χ0n) is 17.0. The summed E-state index contributed by atoms with van der Waals surface area (Å²) in [6.45, 7) is 5.20. The van der Waals surface area contributed by atoms with E-state index < -0.39 is 24.2 Å². The molecule has 1 aromatic carbocycles. The van der Waals surface area contributed by atoms with Crippen molar-refractivity contribution < 1.29 is 19.1 Å². The minimum absolute atomic E-state index is 0.193. The summed E-state index contributed by atoms with van der Waals surface area (Å²) in [5.41, 5.74) is 2.27.